The number of phenolic OH excluding ortho intramolecular Hbond substituents is 2. The van der Waals surface area contributed by atoms with Gasteiger partial charge < -0.3 is 25.0 Å². The molecule has 3 N–H and O–H groups in total. The van der Waals surface area contributed by atoms with Crippen LogP contribution >= 0.6 is 0 Å². The molecule has 0 saturated heterocycles. The molecule has 0 aromatic heterocycles. The van der Waals surface area contributed by atoms with E-state index in [0.29, 0.717) is 22.5 Å². The zero-order valence-corrected chi connectivity index (χ0v) is 31.9. The third-order valence-corrected chi connectivity index (χ3v) is 9.34. The SMILES string of the molecule is COc1cc(N=Nc2ccc3cc(Nc4ccc5c(OC)c(C)ccc5c4)ccc3c2O)c(O)cc1N=Nc1ccc(N=Nc2ccccc2)c2ccccc12.[Cu]. The Morgan fingerprint density at radius 1 is 0.474 bits per heavy atom. The number of benzene rings is 8. The molecule has 8 aromatic carbocycles. The maximum Gasteiger partial charge on any atom is 0.150 e. The number of aryl methyl sites for hydroxylation is 1. The number of phenols is 2. The number of hydrogen-bond acceptors (Lipinski definition) is 11. The monoisotopic (exact) mass is 800 g/mol. The van der Waals surface area contributed by atoms with Crippen molar-refractivity contribution in [1.29, 1.82) is 0 Å². The maximum atomic E-state index is 11.2. The quantitative estimate of drug-likeness (QED) is 0.0931. The Labute approximate surface area is 338 Å². The van der Waals surface area contributed by atoms with Gasteiger partial charge in [-0.15, -0.1) is 25.6 Å². The fraction of sp³-hybridized carbons (Fsp3) is 0.0667. The van der Waals surface area contributed by atoms with E-state index in [1.165, 1.54) is 19.2 Å². The Balaban J connectivity index is 0.00000496. The molecule has 0 heterocycles. The minimum absolute atomic E-state index is 0. The molecule has 8 rings (SSSR count). The van der Waals surface area contributed by atoms with E-state index in [9.17, 15) is 10.2 Å². The summed E-state index contributed by atoms with van der Waals surface area (Å²) in [5.41, 5.74) is 5.56. The molecule has 0 amide bonds. The second-order valence-electron chi connectivity index (χ2n) is 12.9. The number of nitrogens with one attached hydrogen (secondary N) is 1. The number of aromatic hydroxyl groups is 2. The zero-order chi connectivity index (χ0) is 38.6. The largest absolute Gasteiger partial charge is 0.506 e. The summed E-state index contributed by atoms with van der Waals surface area (Å²) in [6.07, 6.45) is 0. The molecule has 0 aliphatic heterocycles. The molecule has 0 spiro atoms. The summed E-state index contributed by atoms with van der Waals surface area (Å²) in [7, 11) is 3.18. The van der Waals surface area contributed by atoms with Crippen molar-refractivity contribution in [3.8, 4) is 23.0 Å². The van der Waals surface area contributed by atoms with Crippen LogP contribution in [0.15, 0.2) is 170 Å². The fourth-order valence-corrected chi connectivity index (χ4v) is 6.52. The van der Waals surface area contributed by atoms with Crippen LogP contribution in [0.5, 0.6) is 23.0 Å². The van der Waals surface area contributed by atoms with Crippen LogP contribution in [-0.2, 0) is 17.1 Å². The van der Waals surface area contributed by atoms with Crippen molar-refractivity contribution in [3.63, 3.8) is 0 Å². The number of azo groups is 3. The molecule has 1 radical (unpaired) electrons. The van der Waals surface area contributed by atoms with Crippen molar-refractivity contribution in [2.75, 3.05) is 19.5 Å². The summed E-state index contributed by atoms with van der Waals surface area (Å²) in [6.45, 7) is 2.03. The summed E-state index contributed by atoms with van der Waals surface area (Å²) in [5.74, 6) is 0.959. The fourth-order valence-electron chi connectivity index (χ4n) is 6.52. The molecule has 0 bridgehead atoms. The smallest absolute Gasteiger partial charge is 0.150 e. The number of rotatable bonds is 10. The van der Waals surface area contributed by atoms with Crippen molar-refractivity contribution in [2.24, 2.45) is 30.7 Å². The predicted molar refractivity (Wildman–Crippen MR) is 222 cm³/mol. The van der Waals surface area contributed by atoms with E-state index >= 15 is 0 Å². The van der Waals surface area contributed by atoms with Gasteiger partial charge in [0, 0.05) is 62.1 Å². The molecule has 0 unspecified atom stereocenters. The molecular weight excluding hydrogens is 766 g/mol. The van der Waals surface area contributed by atoms with Crippen molar-refractivity contribution >= 4 is 77.8 Å². The molecule has 11 nitrogen and oxygen atoms in total. The molecule has 57 heavy (non-hydrogen) atoms. The summed E-state index contributed by atoms with van der Waals surface area (Å²) in [5, 5.41) is 57.0. The summed E-state index contributed by atoms with van der Waals surface area (Å²) in [6, 6.07) is 43.3. The number of methoxy groups -OCH3 is 2. The van der Waals surface area contributed by atoms with E-state index in [0.717, 1.165) is 55.3 Å². The van der Waals surface area contributed by atoms with Gasteiger partial charge >= 0.3 is 0 Å². The van der Waals surface area contributed by atoms with Gasteiger partial charge in [0.05, 0.1) is 31.3 Å². The minimum atomic E-state index is -0.191. The topological polar surface area (TPSA) is 145 Å². The molecular formula is C45H35CuN7O4. The number of fused-ring (bicyclic) bond motifs is 3. The van der Waals surface area contributed by atoms with Crippen LogP contribution < -0.4 is 14.8 Å². The molecule has 0 saturated carbocycles. The van der Waals surface area contributed by atoms with Crippen molar-refractivity contribution in [3.05, 3.63) is 145 Å². The van der Waals surface area contributed by atoms with Crippen molar-refractivity contribution < 1.29 is 36.8 Å². The molecule has 0 aliphatic carbocycles. The van der Waals surface area contributed by atoms with Crippen LogP contribution in [0.3, 0.4) is 0 Å². The Morgan fingerprint density at radius 2 is 1.04 bits per heavy atom. The Bertz CT molecular complexity index is 2860. The maximum absolute atomic E-state index is 11.2. The van der Waals surface area contributed by atoms with E-state index < -0.39 is 0 Å². The van der Waals surface area contributed by atoms with Gasteiger partial charge in [-0.3, -0.25) is 0 Å². The Hall–Kier alpha value is -7.14. The first-order chi connectivity index (χ1) is 27.4. The molecule has 12 heteroatoms. The molecule has 0 fully saturated rings. The third-order valence-electron chi connectivity index (χ3n) is 9.34. The van der Waals surface area contributed by atoms with Gasteiger partial charge in [-0.05, 0) is 90.0 Å². The van der Waals surface area contributed by atoms with Crippen LogP contribution in [-0.4, -0.2) is 24.4 Å². The first kappa shape index (κ1) is 38.1. The normalized spacial score (nSPS) is 11.6. The first-order valence-electron chi connectivity index (χ1n) is 17.7. The Morgan fingerprint density at radius 3 is 1.72 bits per heavy atom. The molecule has 285 valence electrons. The van der Waals surface area contributed by atoms with E-state index in [2.05, 4.69) is 48.1 Å². The van der Waals surface area contributed by atoms with Crippen molar-refractivity contribution in [2.45, 2.75) is 6.92 Å². The number of hydrogen-bond donors (Lipinski definition) is 3. The van der Waals surface area contributed by atoms with Crippen LogP contribution in [0.4, 0.5) is 45.5 Å². The number of anilines is 2. The van der Waals surface area contributed by atoms with Gasteiger partial charge in [0.1, 0.15) is 34.3 Å². The van der Waals surface area contributed by atoms with E-state index in [-0.39, 0.29) is 45.6 Å². The first-order valence-corrected chi connectivity index (χ1v) is 17.7. The van der Waals surface area contributed by atoms with E-state index in [4.69, 9.17) is 9.47 Å². The van der Waals surface area contributed by atoms with Crippen LogP contribution in [0.25, 0.3) is 32.3 Å². The average Bonchev–Trinajstić information content (AvgIpc) is 3.23. The van der Waals surface area contributed by atoms with Gasteiger partial charge in [-0.1, -0.05) is 60.7 Å². The van der Waals surface area contributed by atoms with E-state index in [1.54, 1.807) is 13.2 Å². The molecule has 8 aromatic rings. The van der Waals surface area contributed by atoms with Gasteiger partial charge in [-0.2, -0.15) is 5.11 Å². The van der Waals surface area contributed by atoms with Crippen molar-refractivity contribution in [1.82, 2.24) is 0 Å². The second-order valence-corrected chi connectivity index (χ2v) is 12.9. The van der Waals surface area contributed by atoms with Gasteiger partial charge in [0.2, 0.25) is 0 Å². The van der Waals surface area contributed by atoms with Gasteiger partial charge in [0.15, 0.2) is 5.75 Å². The minimum Gasteiger partial charge on any atom is -0.506 e. The summed E-state index contributed by atoms with van der Waals surface area (Å²) >= 11 is 0. The number of ether oxygens (including phenoxy) is 2. The van der Waals surface area contributed by atoms with Crippen LogP contribution in [0.2, 0.25) is 0 Å². The van der Waals surface area contributed by atoms with Gasteiger partial charge in [0.25, 0.3) is 0 Å². The van der Waals surface area contributed by atoms with Gasteiger partial charge in [-0.25, -0.2) is 0 Å². The predicted octanol–water partition coefficient (Wildman–Crippen LogP) is 13.9. The summed E-state index contributed by atoms with van der Waals surface area (Å²) < 4.78 is 11.2. The standard InChI is InChI=1S/C45H35N7O4.Cu/c1-27-13-14-29-24-32(17-19-34(29)45(27)56-3)46-31-16-18-33-28(23-31)15-20-39(44(33)54)50-51-40-26-43(55-2)41(25-42(40)53)52-49-38-22-21-37(35-11-7-8-12-36(35)38)48-47-30-9-5-4-6-10-30;/h4-26,46,53-54H,1-3H3;. The zero-order valence-electron chi connectivity index (χ0n) is 31.0. The number of nitrogens with zero attached hydrogens (tertiary/aromatic N) is 6. The third kappa shape index (κ3) is 7.99. The summed E-state index contributed by atoms with van der Waals surface area (Å²) in [4.78, 5) is 0. The molecule has 0 aliphatic rings. The van der Waals surface area contributed by atoms with Crippen LogP contribution in [0.1, 0.15) is 5.56 Å². The van der Waals surface area contributed by atoms with Crippen LogP contribution in [0, 0.1) is 6.92 Å². The Kier molecular flexibility index (Phi) is 11.2. The second kappa shape index (κ2) is 16.7. The van der Waals surface area contributed by atoms with E-state index in [1.807, 2.05) is 116 Å². The average molecular weight is 801 g/mol. The molecule has 0 atom stereocenters.